The van der Waals surface area contributed by atoms with Crippen LogP contribution in [0.4, 0.5) is 5.13 Å². The largest absolute Gasteiger partial charge is 0.369 e. The van der Waals surface area contributed by atoms with Crippen LogP contribution in [0.25, 0.3) is 0 Å². The van der Waals surface area contributed by atoms with Gasteiger partial charge in [0.1, 0.15) is 11.9 Å². The lowest BCUT2D eigenvalue weighted by Gasteiger charge is -2.32. The Kier molecular flexibility index (Phi) is 3.79. The molecule has 1 aliphatic heterocycles. The van der Waals surface area contributed by atoms with Crippen LogP contribution >= 0.6 is 22.9 Å². The van der Waals surface area contributed by atoms with Crippen LogP contribution in [0.15, 0.2) is 17.5 Å². The first-order valence-corrected chi connectivity index (χ1v) is 8.43. The zero-order chi connectivity index (χ0) is 14.2. The van der Waals surface area contributed by atoms with Crippen molar-refractivity contribution in [3.63, 3.8) is 0 Å². The quantitative estimate of drug-likeness (QED) is 0.851. The number of ether oxygens (including phenoxy) is 1. The molecule has 0 spiro atoms. The zero-order valence-corrected chi connectivity index (χ0v) is 13.6. The van der Waals surface area contributed by atoms with Crippen molar-refractivity contribution in [1.29, 1.82) is 0 Å². The maximum absolute atomic E-state index is 5.87. The minimum Gasteiger partial charge on any atom is -0.369 e. The zero-order valence-electron chi connectivity index (χ0n) is 12.0. The first-order chi connectivity index (χ1) is 9.54. The molecule has 1 unspecified atom stereocenters. The Hall–Kier alpha value is -0.980. The van der Waals surface area contributed by atoms with E-state index in [1.165, 1.54) is 16.4 Å². The number of rotatable bonds is 2. The topological polar surface area (TPSA) is 38.2 Å². The summed E-state index contributed by atoms with van der Waals surface area (Å²) in [6.07, 6.45) is 0.158. The molecule has 0 bridgehead atoms. The van der Waals surface area contributed by atoms with E-state index in [0.29, 0.717) is 0 Å². The summed E-state index contributed by atoms with van der Waals surface area (Å²) < 4.78 is 10.4. The lowest BCUT2D eigenvalue weighted by Crippen LogP contribution is -2.38. The first kappa shape index (κ1) is 14.0. The molecule has 3 heterocycles. The van der Waals surface area contributed by atoms with Crippen LogP contribution in [0.1, 0.15) is 37.6 Å². The van der Waals surface area contributed by atoms with Gasteiger partial charge >= 0.3 is 0 Å². The highest BCUT2D eigenvalue weighted by molar-refractivity contribution is 7.10. The van der Waals surface area contributed by atoms with Gasteiger partial charge in [0.15, 0.2) is 0 Å². The van der Waals surface area contributed by atoms with E-state index in [4.69, 9.17) is 9.72 Å². The summed E-state index contributed by atoms with van der Waals surface area (Å²) in [6.45, 7) is 8.93. The highest BCUT2D eigenvalue weighted by Crippen LogP contribution is 2.31. The second kappa shape index (κ2) is 5.42. The highest BCUT2D eigenvalue weighted by Gasteiger charge is 2.27. The average molecular weight is 309 g/mol. The lowest BCUT2D eigenvalue weighted by atomic mass is 9.96. The van der Waals surface area contributed by atoms with Gasteiger partial charge in [0, 0.05) is 28.4 Å². The molecule has 0 aromatic carbocycles. The van der Waals surface area contributed by atoms with Gasteiger partial charge in [0.2, 0.25) is 5.13 Å². The van der Waals surface area contributed by atoms with Crippen LogP contribution in [-0.2, 0) is 10.2 Å². The molecule has 1 atom stereocenters. The maximum Gasteiger partial charge on any atom is 0.205 e. The van der Waals surface area contributed by atoms with Crippen LogP contribution in [0, 0.1) is 0 Å². The molecule has 0 amide bonds. The smallest absolute Gasteiger partial charge is 0.205 e. The minimum absolute atomic E-state index is 0.00813. The SMILES string of the molecule is CC(C)(C)c1nsc(N2CCOC(c3cccs3)C2)n1. The predicted molar refractivity (Wildman–Crippen MR) is 83.8 cm³/mol. The van der Waals surface area contributed by atoms with Crippen LogP contribution in [0.2, 0.25) is 0 Å². The molecule has 4 nitrogen and oxygen atoms in total. The molecule has 6 heteroatoms. The summed E-state index contributed by atoms with van der Waals surface area (Å²) in [5.41, 5.74) is 0.00813. The van der Waals surface area contributed by atoms with Gasteiger partial charge in [-0.25, -0.2) is 4.98 Å². The molecule has 1 fully saturated rings. The number of nitrogens with zero attached hydrogens (tertiary/aromatic N) is 3. The van der Waals surface area contributed by atoms with Gasteiger partial charge in [-0.05, 0) is 11.4 Å². The van der Waals surface area contributed by atoms with E-state index in [0.717, 1.165) is 30.7 Å². The maximum atomic E-state index is 5.87. The van der Waals surface area contributed by atoms with Crippen molar-refractivity contribution >= 4 is 28.0 Å². The number of thiophene rings is 1. The fourth-order valence-corrected chi connectivity index (χ4v) is 3.78. The predicted octanol–water partition coefficient (Wildman–Crippen LogP) is 3.48. The molecule has 20 heavy (non-hydrogen) atoms. The molecule has 0 N–H and O–H groups in total. The molecule has 2 aromatic heterocycles. The van der Waals surface area contributed by atoms with Crippen molar-refractivity contribution in [2.75, 3.05) is 24.6 Å². The van der Waals surface area contributed by atoms with E-state index in [-0.39, 0.29) is 11.5 Å². The number of aromatic nitrogens is 2. The van der Waals surface area contributed by atoms with E-state index in [9.17, 15) is 0 Å². The Morgan fingerprint density at radius 2 is 2.25 bits per heavy atom. The van der Waals surface area contributed by atoms with Gasteiger partial charge in [0.05, 0.1) is 13.2 Å². The molecule has 0 aliphatic carbocycles. The Balaban J connectivity index is 1.75. The monoisotopic (exact) mass is 309 g/mol. The van der Waals surface area contributed by atoms with Crippen LogP contribution in [0.5, 0.6) is 0 Å². The summed E-state index contributed by atoms with van der Waals surface area (Å²) in [6, 6.07) is 4.21. The van der Waals surface area contributed by atoms with Gasteiger partial charge in [-0.3, -0.25) is 0 Å². The molecule has 1 saturated heterocycles. The fourth-order valence-electron chi connectivity index (χ4n) is 2.12. The van der Waals surface area contributed by atoms with Crippen LogP contribution in [0.3, 0.4) is 0 Å². The summed E-state index contributed by atoms with van der Waals surface area (Å²) in [7, 11) is 0. The van der Waals surface area contributed by atoms with Gasteiger partial charge in [0.25, 0.3) is 0 Å². The average Bonchev–Trinajstić information content (AvgIpc) is 3.10. The second-order valence-corrected chi connectivity index (χ2v) is 7.68. The van der Waals surface area contributed by atoms with Crippen molar-refractivity contribution in [2.45, 2.75) is 32.3 Å². The van der Waals surface area contributed by atoms with Crippen molar-refractivity contribution in [1.82, 2.24) is 9.36 Å². The van der Waals surface area contributed by atoms with Crippen LogP contribution < -0.4 is 4.90 Å². The van der Waals surface area contributed by atoms with Gasteiger partial charge in [-0.1, -0.05) is 26.8 Å². The lowest BCUT2D eigenvalue weighted by molar-refractivity contribution is 0.0421. The van der Waals surface area contributed by atoms with Gasteiger partial charge in [-0.2, -0.15) is 4.37 Å². The van der Waals surface area contributed by atoms with E-state index < -0.39 is 0 Å². The molecule has 2 aromatic rings. The van der Waals surface area contributed by atoms with Crippen molar-refractivity contribution < 1.29 is 4.74 Å². The van der Waals surface area contributed by atoms with E-state index in [1.54, 1.807) is 11.3 Å². The molecular weight excluding hydrogens is 290 g/mol. The molecule has 108 valence electrons. The van der Waals surface area contributed by atoms with Gasteiger partial charge < -0.3 is 9.64 Å². The fraction of sp³-hybridized carbons (Fsp3) is 0.571. The Bertz CT molecular complexity index is 559. The number of hydrogen-bond acceptors (Lipinski definition) is 6. The summed E-state index contributed by atoms with van der Waals surface area (Å²) in [4.78, 5) is 8.28. The Morgan fingerprint density at radius 3 is 2.90 bits per heavy atom. The van der Waals surface area contributed by atoms with E-state index >= 15 is 0 Å². The number of anilines is 1. The van der Waals surface area contributed by atoms with Crippen LogP contribution in [-0.4, -0.2) is 29.1 Å². The third-order valence-electron chi connectivity index (χ3n) is 3.28. The number of morpholine rings is 1. The molecule has 0 saturated carbocycles. The van der Waals surface area contributed by atoms with E-state index in [1.807, 2.05) is 0 Å². The molecular formula is C14H19N3OS2. The Labute approximate surface area is 127 Å². The van der Waals surface area contributed by atoms with Crippen molar-refractivity contribution in [3.05, 3.63) is 28.2 Å². The van der Waals surface area contributed by atoms with Gasteiger partial charge in [-0.15, -0.1) is 11.3 Å². The van der Waals surface area contributed by atoms with E-state index in [2.05, 4.69) is 47.6 Å². The molecule has 0 radical (unpaired) electrons. The second-order valence-electron chi connectivity index (χ2n) is 5.97. The third-order valence-corrected chi connectivity index (χ3v) is 5.02. The Morgan fingerprint density at radius 1 is 1.40 bits per heavy atom. The van der Waals surface area contributed by atoms with Crippen molar-refractivity contribution in [3.8, 4) is 0 Å². The third kappa shape index (κ3) is 2.87. The molecule has 3 rings (SSSR count). The summed E-state index contributed by atoms with van der Waals surface area (Å²) in [5.74, 6) is 0.927. The summed E-state index contributed by atoms with van der Waals surface area (Å²) >= 11 is 3.25. The summed E-state index contributed by atoms with van der Waals surface area (Å²) in [5, 5.41) is 3.11. The minimum atomic E-state index is 0.00813. The normalized spacial score (nSPS) is 20.4. The number of hydrogen-bond donors (Lipinski definition) is 0. The first-order valence-electron chi connectivity index (χ1n) is 6.78. The highest BCUT2D eigenvalue weighted by atomic mass is 32.1. The molecule has 1 aliphatic rings. The standard InChI is InChI=1S/C14H19N3OS2/c1-14(2,3)12-15-13(20-16-12)17-6-7-18-10(9-17)11-5-4-8-19-11/h4-5,8,10H,6-7,9H2,1-3H3. The van der Waals surface area contributed by atoms with Crippen molar-refractivity contribution in [2.24, 2.45) is 0 Å².